The maximum atomic E-state index is 3.90. The molecule has 11 heavy (non-hydrogen) atoms. The van der Waals surface area contributed by atoms with Gasteiger partial charge >= 0.3 is 0 Å². The lowest BCUT2D eigenvalue weighted by molar-refractivity contribution is 0.545. The topological polar surface area (TPSA) is 12.0 Å². The van der Waals surface area contributed by atoms with Crippen molar-refractivity contribution in [3.8, 4) is 0 Å². The smallest absolute Gasteiger partial charge is 0.0109 e. The van der Waals surface area contributed by atoms with Gasteiger partial charge in [-0.1, -0.05) is 5.57 Å². The van der Waals surface area contributed by atoms with Crippen LogP contribution in [0.25, 0.3) is 0 Å². The lowest BCUT2D eigenvalue weighted by Gasteiger charge is -2.14. The van der Waals surface area contributed by atoms with Crippen LogP contribution >= 0.6 is 11.8 Å². The second-order valence-corrected chi connectivity index (χ2v) is 3.91. The van der Waals surface area contributed by atoms with Gasteiger partial charge < -0.3 is 5.32 Å². The van der Waals surface area contributed by atoms with Crippen LogP contribution in [0.2, 0.25) is 0 Å². The highest BCUT2D eigenvalue weighted by Gasteiger charge is 2.04. The van der Waals surface area contributed by atoms with Crippen LogP contribution in [0.5, 0.6) is 0 Å². The zero-order valence-corrected chi connectivity index (χ0v) is 8.63. The molecule has 1 nitrogen and oxygen atoms in total. The first-order valence-corrected chi connectivity index (χ1v) is 5.40. The average Bonchev–Trinajstić information content (AvgIpc) is 1.97. The molecule has 0 aromatic heterocycles. The predicted octanol–water partition coefficient (Wildman–Crippen LogP) is 2.29. The van der Waals surface area contributed by atoms with Crippen LogP contribution < -0.4 is 5.32 Å². The van der Waals surface area contributed by atoms with E-state index in [4.69, 9.17) is 0 Å². The van der Waals surface area contributed by atoms with Crippen molar-refractivity contribution in [1.29, 1.82) is 0 Å². The van der Waals surface area contributed by atoms with E-state index in [1.807, 2.05) is 18.8 Å². The molecule has 2 heteroatoms. The van der Waals surface area contributed by atoms with Crippen molar-refractivity contribution in [3.05, 3.63) is 12.2 Å². The summed E-state index contributed by atoms with van der Waals surface area (Å²) in [6.07, 6.45) is 4.50. The van der Waals surface area contributed by atoms with Crippen molar-refractivity contribution >= 4 is 11.8 Å². The van der Waals surface area contributed by atoms with Crippen molar-refractivity contribution in [2.75, 3.05) is 19.1 Å². The van der Waals surface area contributed by atoms with Gasteiger partial charge in [-0.15, -0.1) is 6.58 Å². The van der Waals surface area contributed by atoms with Crippen LogP contribution in [0.4, 0.5) is 0 Å². The Kier molecular flexibility index (Phi) is 6.77. The van der Waals surface area contributed by atoms with E-state index in [0.717, 1.165) is 6.42 Å². The summed E-state index contributed by atoms with van der Waals surface area (Å²) in [5.41, 5.74) is 1.27. The lowest BCUT2D eigenvalue weighted by Crippen LogP contribution is -2.25. The van der Waals surface area contributed by atoms with E-state index in [9.17, 15) is 0 Å². The van der Waals surface area contributed by atoms with Crippen LogP contribution in [0.15, 0.2) is 12.2 Å². The molecule has 0 aromatic rings. The molecule has 0 radical (unpaired) electrons. The highest BCUT2D eigenvalue weighted by Crippen LogP contribution is 2.08. The summed E-state index contributed by atoms with van der Waals surface area (Å²) < 4.78 is 0. The Balaban J connectivity index is 3.49. The summed E-state index contributed by atoms with van der Waals surface area (Å²) in [6.45, 7) is 5.99. The molecule has 0 amide bonds. The molecular formula is C9H19NS. The maximum absolute atomic E-state index is 3.90. The van der Waals surface area contributed by atoms with Crippen molar-refractivity contribution in [2.24, 2.45) is 0 Å². The van der Waals surface area contributed by atoms with Crippen molar-refractivity contribution in [2.45, 2.75) is 25.8 Å². The summed E-state index contributed by atoms with van der Waals surface area (Å²) in [4.78, 5) is 0. The van der Waals surface area contributed by atoms with Crippen LogP contribution in [0.1, 0.15) is 19.8 Å². The highest BCUT2D eigenvalue weighted by molar-refractivity contribution is 7.98. The lowest BCUT2D eigenvalue weighted by atomic mass is 10.1. The molecule has 0 aromatic carbocycles. The van der Waals surface area contributed by atoms with Gasteiger partial charge in [-0.05, 0) is 38.8 Å². The standard InChI is InChI=1S/C9H19NS/c1-8(2)7-9(10-3)5-6-11-4/h9-10H,1,5-7H2,2-4H3. The first-order valence-electron chi connectivity index (χ1n) is 4.01. The normalized spacial score (nSPS) is 13.0. The Hall–Kier alpha value is 0.0500. The van der Waals surface area contributed by atoms with E-state index in [1.54, 1.807) is 0 Å². The largest absolute Gasteiger partial charge is 0.317 e. The molecule has 1 unspecified atom stereocenters. The van der Waals surface area contributed by atoms with Crippen LogP contribution in [0, 0.1) is 0 Å². The Morgan fingerprint density at radius 3 is 2.64 bits per heavy atom. The number of hydrogen-bond acceptors (Lipinski definition) is 2. The van der Waals surface area contributed by atoms with E-state index in [1.165, 1.54) is 17.7 Å². The van der Waals surface area contributed by atoms with E-state index < -0.39 is 0 Å². The molecule has 0 saturated carbocycles. The summed E-state index contributed by atoms with van der Waals surface area (Å²) in [6, 6.07) is 0.625. The predicted molar refractivity (Wildman–Crippen MR) is 55.3 cm³/mol. The van der Waals surface area contributed by atoms with E-state index in [2.05, 4.69) is 25.1 Å². The van der Waals surface area contributed by atoms with Gasteiger partial charge in [0.05, 0.1) is 0 Å². The van der Waals surface area contributed by atoms with Crippen molar-refractivity contribution in [1.82, 2.24) is 5.32 Å². The van der Waals surface area contributed by atoms with Crippen molar-refractivity contribution < 1.29 is 0 Å². The molecule has 0 rings (SSSR count). The van der Waals surface area contributed by atoms with Crippen LogP contribution in [0.3, 0.4) is 0 Å². The third-order valence-electron chi connectivity index (χ3n) is 1.67. The van der Waals surface area contributed by atoms with Gasteiger partial charge in [0, 0.05) is 6.04 Å². The minimum atomic E-state index is 0.625. The molecule has 0 aliphatic rings. The molecular weight excluding hydrogens is 154 g/mol. The van der Waals surface area contributed by atoms with Gasteiger partial charge in [0.1, 0.15) is 0 Å². The number of thioether (sulfide) groups is 1. The Morgan fingerprint density at radius 1 is 1.64 bits per heavy atom. The minimum Gasteiger partial charge on any atom is -0.317 e. The zero-order chi connectivity index (χ0) is 8.69. The Bertz CT molecular complexity index is 112. The molecule has 0 aliphatic carbocycles. The molecule has 66 valence electrons. The highest BCUT2D eigenvalue weighted by atomic mass is 32.2. The van der Waals surface area contributed by atoms with Gasteiger partial charge in [0.25, 0.3) is 0 Å². The van der Waals surface area contributed by atoms with Crippen LogP contribution in [-0.4, -0.2) is 25.1 Å². The second kappa shape index (κ2) is 6.74. The molecule has 0 fully saturated rings. The maximum Gasteiger partial charge on any atom is 0.0109 e. The van der Waals surface area contributed by atoms with E-state index in [0.29, 0.717) is 6.04 Å². The summed E-state index contributed by atoms with van der Waals surface area (Å²) >= 11 is 1.90. The number of rotatable bonds is 6. The summed E-state index contributed by atoms with van der Waals surface area (Å²) in [5.74, 6) is 1.23. The Labute approximate surface area is 74.6 Å². The van der Waals surface area contributed by atoms with Gasteiger partial charge in [0.15, 0.2) is 0 Å². The first kappa shape index (κ1) is 11.1. The third kappa shape index (κ3) is 6.45. The fourth-order valence-corrected chi connectivity index (χ4v) is 1.55. The molecule has 0 aliphatic heterocycles. The molecule has 0 bridgehead atoms. The second-order valence-electron chi connectivity index (χ2n) is 2.93. The Morgan fingerprint density at radius 2 is 2.27 bits per heavy atom. The van der Waals surface area contributed by atoms with Gasteiger partial charge in [-0.25, -0.2) is 0 Å². The SMILES string of the molecule is C=C(C)CC(CCSC)NC. The fraction of sp³-hybridized carbons (Fsp3) is 0.778. The third-order valence-corrected chi connectivity index (χ3v) is 2.32. The quantitative estimate of drug-likeness (QED) is 0.619. The summed E-state index contributed by atoms with van der Waals surface area (Å²) in [5, 5.41) is 3.29. The van der Waals surface area contributed by atoms with Crippen LogP contribution in [-0.2, 0) is 0 Å². The van der Waals surface area contributed by atoms with Gasteiger partial charge in [-0.3, -0.25) is 0 Å². The molecule has 1 atom stereocenters. The fourth-order valence-electron chi connectivity index (χ4n) is 1.03. The van der Waals surface area contributed by atoms with Gasteiger partial charge in [0.2, 0.25) is 0 Å². The number of nitrogens with one attached hydrogen (secondary N) is 1. The zero-order valence-electron chi connectivity index (χ0n) is 7.81. The van der Waals surface area contributed by atoms with E-state index >= 15 is 0 Å². The molecule has 0 spiro atoms. The summed E-state index contributed by atoms with van der Waals surface area (Å²) in [7, 11) is 2.02. The molecule has 1 N–H and O–H groups in total. The monoisotopic (exact) mass is 173 g/mol. The van der Waals surface area contributed by atoms with E-state index in [-0.39, 0.29) is 0 Å². The van der Waals surface area contributed by atoms with Crippen molar-refractivity contribution in [3.63, 3.8) is 0 Å². The molecule has 0 heterocycles. The first-order chi connectivity index (χ1) is 5.20. The molecule has 0 saturated heterocycles. The average molecular weight is 173 g/mol. The number of hydrogen-bond donors (Lipinski definition) is 1. The minimum absolute atomic E-state index is 0.625. The van der Waals surface area contributed by atoms with Gasteiger partial charge in [-0.2, -0.15) is 11.8 Å².